The minimum absolute atomic E-state index is 0.512. The maximum atomic E-state index is 5.16. The number of hydrogen-bond donors (Lipinski definition) is 1. The van der Waals surface area contributed by atoms with Crippen LogP contribution in [-0.2, 0) is 6.42 Å². The van der Waals surface area contributed by atoms with E-state index in [4.69, 9.17) is 4.74 Å². The predicted octanol–water partition coefficient (Wildman–Crippen LogP) is 2.59. The Kier molecular flexibility index (Phi) is 5.58. The molecule has 0 radical (unpaired) electrons. The third-order valence-corrected chi connectivity index (χ3v) is 4.18. The first kappa shape index (κ1) is 14.3. The van der Waals surface area contributed by atoms with E-state index in [9.17, 15) is 0 Å². The van der Waals surface area contributed by atoms with Gasteiger partial charge < -0.3 is 10.1 Å². The van der Waals surface area contributed by atoms with Crippen molar-refractivity contribution in [3.8, 4) is 5.88 Å². The Morgan fingerprint density at radius 1 is 1.26 bits per heavy atom. The molecule has 1 aliphatic rings. The van der Waals surface area contributed by atoms with Gasteiger partial charge in [0.15, 0.2) is 0 Å². The van der Waals surface area contributed by atoms with E-state index >= 15 is 0 Å². The van der Waals surface area contributed by atoms with Crippen LogP contribution < -0.4 is 10.1 Å². The lowest BCUT2D eigenvalue weighted by molar-refractivity contribution is 0.329. The van der Waals surface area contributed by atoms with Crippen LogP contribution in [-0.4, -0.2) is 30.2 Å². The average molecular weight is 263 g/mol. The maximum Gasteiger partial charge on any atom is 0.216 e. The molecule has 1 aromatic heterocycles. The molecule has 0 amide bonds. The van der Waals surface area contributed by atoms with E-state index in [2.05, 4.69) is 22.3 Å². The zero-order chi connectivity index (χ0) is 13.5. The summed E-state index contributed by atoms with van der Waals surface area (Å²) in [5, 5.41) is 3.48. The second-order valence-electron chi connectivity index (χ2n) is 5.40. The summed E-state index contributed by atoms with van der Waals surface area (Å²) in [6.07, 6.45) is 10.8. The lowest BCUT2D eigenvalue weighted by Crippen LogP contribution is -2.35. The Morgan fingerprint density at radius 2 is 2.00 bits per heavy atom. The van der Waals surface area contributed by atoms with Crippen molar-refractivity contribution in [3.63, 3.8) is 0 Å². The molecule has 1 aromatic rings. The molecular weight excluding hydrogens is 238 g/mol. The molecule has 2 rings (SSSR count). The van der Waals surface area contributed by atoms with Crippen molar-refractivity contribution in [1.82, 2.24) is 15.3 Å². The molecule has 1 aliphatic carbocycles. The molecule has 1 heterocycles. The number of rotatable bonds is 5. The number of aromatic nitrogens is 2. The average Bonchev–Trinajstić information content (AvgIpc) is 2.74. The van der Waals surface area contributed by atoms with E-state index in [1.807, 2.05) is 6.07 Å². The molecule has 1 unspecified atom stereocenters. The Labute approximate surface area is 116 Å². The Bertz CT molecular complexity index is 375. The van der Waals surface area contributed by atoms with E-state index in [0.29, 0.717) is 11.9 Å². The fourth-order valence-corrected chi connectivity index (χ4v) is 3.04. The molecule has 4 heteroatoms. The van der Waals surface area contributed by atoms with Crippen LogP contribution >= 0.6 is 0 Å². The molecule has 0 saturated heterocycles. The van der Waals surface area contributed by atoms with Crippen molar-refractivity contribution in [3.05, 3.63) is 18.1 Å². The van der Waals surface area contributed by atoms with Gasteiger partial charge >= 0.3 is 0 Å². The van der Waals surface area contributed by atoms with Crippen molar-refractivity contribution in [2.24, 2.45) is 5.92 Å². The lowest BCUT2D eigenvalue weighted by Gasteiger charge is -2.25. The Hall–Kier alpha value is -1.16. The van der Waals surface area contributed by atoms with E-state index in [-0.39, 0.29) is 0 Å². The van der Waals surface area contributed by atoms with Crippen molar-refractivity contribution in [2.75, 3.05) is 14.2 Å². The van der Waals surface area contributed by atoms with Gasteiger partial charge in [-0.2, -0.15) is 0 Å². The van der Waals surface area contributed by atoms with Crippen LogP contribution in [0, 0.1) is 5.92 Å². The fourth-order valence-electron chi connectivity index (χ4n) is 3.04. The largest absolute Gasteiger partial charge is 0.481 e. The third kappa shape index (κ3) is 4.16. The van der Waals surface area contributed by atoms with E-state index in [0.717, 1.165) is 18.0 Å². The number of nitrogens with one attached hydrogen (secondary N) is 1. The standard InChI is InChI=1S/C15H25N3O/c1-16-14(12-7-5-3-4-6-8-12)9-13-10-15(19-2)18-11-17-13/h10-12,14,16H,3-9H2,1-2H3. The highest BCUT2D eigenvalue weighted by atomic mass is 16.5. The number of methoxy groups -OCH3 is 1. The van der Waals surface area contributed by atoms with Crippen molar-refractivity contribution in [2.45, 2.75) is 51.0 Å². The molecule has 0 bridgehead atoms. The normalized spacial score (nSPS) is 18.8. The highest BCUT2D eigenvalue weighted by Gasteiger charge is 2.22. The number of hydrogen-bond acceptors (Lipinski definition) is 4. The fraction of sp³-hybridized carbons (Fsp3) is 0.733. The maximum absolute atomic E-state index is 5.16. The molecule has 0 spiro atoms. The van der Waals surface area contributed by atoms with Gasteiger partial charge in [-0.25, -0.2) is 9.97 Å². The minimum atomic E-state index is 0.512. The summed E-state index contributed by atoms with van der Waals surface area (Å²) in [6.45, 7) is 0. The predicted molar refractivity (Wildman–Crippen MR) is 76.3 cm³/mol. The molecule has 1 saturated carbocycles. The zero-order valence-electron chi connectivity index (χ0n) is 12.1. The van der Waals surface area contributed by atoms with Crippen molar-refractivity contribution < 1.29 is 4.74 Å². The van der Waals surface area contributed by atoms with Gasteiger partial charge in [0, 0.05) is 24.2 Å². The smallest absolute Gasteiger partial charge is 0.216 e. The first-order valence-electron chi connectivity index (χ1n) is 7.35. The van der Waals surface area contributed by atoms with Gasteiger partial charge in [0.1, 0.15) is 6.33 Å². The lowest BCUT2D eigenvalue weighted by atomic mass is 9.89. The molecule has 1 fully saturated rings. The van der Waals surface area contributed by atoms with Crippen molar-refractivity contribution >= 4 is 0 Å². The van der Waals surface area contributed by atoms with Gasteiger partial charge in [-0.05, 0) is 25.8 Å². The SMILES string of the molecule is CNC(Cc1cc(OC)ncn1)C1CCCCCC1. The highest BCUT2D eigenvalue weighted by Crippen LogP contribution is 2.27. The van der Waals surface area contributed by atoms with Gasteiger partial charge in [-0.1, -0.05) is 25.7 Å². The van der Waals surface area contributed by atoms with Gasteiger partial charge in [0.2, 0.25) is 5.88 Å². The molecule has 106 valence electrons. The van der Waals surface area contributed by atoms with Gasteiger partial charge in [-0.3, -0.25) is 0 Å². The van der Waals surface area contributed by atoms with Crippen LogP contribution in [0.4, 0.5) is 0 Å². The summed E-state index contributed by atoms with van der Waals surface area (Å²) in [6, 6.07) is 2.46. The van der Waals surface area contributed by atoms with Crippen molar-refractivity contribution in [1.29, 1.82) is 0 Å². The summed E-state index contributed by atoms with van der Waals surface area (Å²) in [5.74, 6) is 1.43. The molecule has 0 aromatic carbocycles. The van der Waals surface area contributed by atoms with E-state index in [1.165, 1.54) is 38.5 Å². The summed E-state index contributed by atoms with van der Waals surface area (Å²) >= 11 is 0. The second kappa shape index (κ2) is 7.43. The third-order valence-electron chi connectivity index (χ3n) is 4.18. The van der Waals surface area contributed by atoms with E-state index in [1.54, 1.807) is 13.4 Å². The summed E-state index contributed by atoms with van der Waals surface area (Å²) in [7, 11) is 3.71. The Balaban J connectivity index is 2.00. The number of nitrogens with zero attached hydrogens (tertiary/aromatic N) is 2. The van der Waals surface area contributed by atoms with Crippen LogP contribution in [0.1, 0.15) is 44.2 Å². The number of likely N-dealkylation sites (N-methyl/N-ethyl adjacent to an activating group) is 1. The summed E-state index contributed by atoms with van der Waals surface area (Å²) in [5.41, 5.74) is 1.07. The second-order valence-corrected chi connectivity index (χ2v) is 5.40. The van der Waals surface area contributed by atoms with Gasteiger partial charge in [0.05, 0.1) is 7.11 Å². The number of ether oxygens (including phenoxy) is 1. The summed E-state index contributed by atoms with van der Waals surface area (Å²) < 4.78 is 5.16. The first-order chi connectivity index (χ1) is 9.33. The van der Waals surface area contributed by atoms with Crippen LogP contribution in [0.15, 0.2) is 12.4 Å². The quantitative estimate of drug-likeness (QED) is 0.829. The van der Waals surface area contributed by atoms with Gasteiger partial charge in [-0.15, -0.1) is 0 Å². The highest BCUT2D eigenvalue weighted by molar-refractivity contribution is 5.14. The molecule has 19 heavy (non-hydrogen) atoms. The molecule has 1 N–H and O–H groups in total. The molecule has 4 nitrogen and oxygen atoms in total. The van der Waals surface area contributed by atoms with Crippen LogP contribution in [0.5, 0.6) is 5.88 Å². The van der Waals surface area contributed by atoms with Crippen LogP contribution in [0.25, 0.3) is 0 Å². The topological polar surface area (TPSA) is 47.0 Å². The molecular formula is C15H25N3O. The zero-order valence-corrected chi connectivity index (χ0v) is 12.1. The van der Waals surface area contributed by atoms with E-state index < -0.39 is 0 Å². The van der Waals surface area contributed by atoms with Gasteiger partial charge in [0.25, 0.3) is 0 Å². The summed E-state index contributed by atoms with van der Waals surface area (Å²) in [4.78, 5) is 8.43. The minimum Gasteiger partial charge on any atom is -0.481 e. The molecule has 0 aliphatic heterocycles. The monoisotopic (exact) mass is 263 g/mol. The van der Waals surface area contributed by atoms with Crippen LogP contribution in [0.2, 0.25) is 0 Å². The molecule has 1 atom stereocenters. The van der Waals surface area contributed by atoms with Crippen LogP contribution in [0.3, 0.4) is 0 Å². The Morgan fingerprint density at radius 3 is 2.63 bits per heavy atom. The first-order valence-corrected chi connectivity index (χ1v) is 7.35.